The second-order valence-electron chi connectivity index (χ2n) is 6.90. The number of rotatable bonds is 4. The van der Waals surface area contributed by atoms with E-state index in [1.165, 1.54) is 10.4 Å². The summed E-state index contributed by atoms with van der Waals surface area (Å²) in [6.45, 7) is 5.70. The van der Waals surface area contributed by atoms with Crippen LogP contribution in [-0.2, 0) is 10.0 Å². The molecule has 0 saturated heterocycles. The highest BCUT2D eigenvalue weighted by atomic mass is 32.2. The van der Waals surface area contributed by atoms with E-state index in [1.54, 1.807) is 26.0 Å². The summed E-state index contributed by atoms with van der Waals surface area (Å²) in [6, 6.07) is 4.10. The van der Waals surface area contributed by atoms with E-state index in [1.807, 2.05) is 14.0 Å². The van der Waals surface area contributed by atoms with Crippen LogP contribution in [0, 0.1) is 17.8 Å². The first-order chi connectivity index (χ1) is 12.7. The Morgan fingerprint density at radius 3 is 2.70 bits per heavy atom. The molecule has 150 valence electrons. The van der Waals surface area contributed by atoms with Gasteiger partial charge in [0.05, 0.1) is 6.61 Å². The molecule has 0 spiro atoms. The molecule has 0 fully saturated rings. The van der Waals surface area contributed by atoms with Crippen molar-refractivity contribution >= 4 is 10.0 Å². The van der Waals surface area contributed by atoms with Crippen LogP contribution in [0.3, 0.4) is 0 Å². The number of sulfonamides is 1. The number of hydrogen-bond acceptors (Lipinski definition) is 6. The predicted molar refractivity (Wildman–Crippen MR) is 103 cm³/mol. The molecule has 0 aliphatic carbocycles. The minimum atomic E-state index is -3.84. The van der Waals surface area contributed by atoms with Crippen molar-refractivity contribution < 1.29 is 23.4 Å². The van der Waals surface area contributed by atoms with Gasteiger partial charge in [0.1, 0.15) is 22.9 Å². The second kappa shape index (κ2) is 9.04. The molecule has 1 aliphatic rings. The number of fused-ring (bicyclic) bond motifs is 1. The van der Waals surface area contributed by atoms with Gasteiger partial charge >= 0.3 is 0 Å². The molecule has 8 heteroatoms. The van der Waals surface area contributed by atoms with Crippen molar-refractivity contribution in [3.8, 4) is 17.6 Å². The highest BCUT2D eigenvalue weighted by Crippen LogP contribution is 2.33. The van der Waals surface area contributed by atoms with Crippen molar-refractivity contribution in [1.82, 2.24) is 9.62 Å². The van der Waals surface area contributed by atoms with Crippen LogP contribution < -0.4 is 10.1 Å². The summed E-state index contributed by atoms with van der Waals surface area (Å²) in [6.07, 6.45) is -1.03. The van der Waals surface area contributed by atoms with Crippen molar-refractivity contribution in [1.29, 1.82) is 0 Å². The molecule has 27 heavy (non-hydrogen) atoms. The summed E-state index contributed by atoms with van der Waals surface area (Å²) in [5.74, 6) is 5.60. The van der Waals surface area contributed by atoms with Crippen LogP contribution in [0.25, 0.3) is 0 Å². The molecule has 1 aromatic carbocycles. The van der Waals surface area contributed by atoms with Crippen molar-refractivity contribution in [2.45, 2.75) is 43.9 Å². The molecule has 7 nitrogen and oxygen atoms in total. The van der Waals surface area contributed by atoms with Crippen LogP contribution in [0.5, 0.6) is 5.75 Å². The highest BCUT2D eigenvalue weighted by molar-refractivity contribution is 7.89. The third-order valence-corrected chi connectivity index (χ3v) is 6.52. The molecule has 1 aromatic rings. The molecular formula is C19H28N2O5S. The number of likely N-dealkylation sites (N-methyl/N-ethyl adjacent to an activating group) is 1. The van der Waals surface area contributed by atoms with Gasteiger partial charge in [-0.1, -0.05) is 18.8 Å². The Labute approximate surface area is 161 Å². The summed E-state index contributed by atoms with van der Waals surface area (Å²) in [4.78, 5) is 0.0541. The maximum atomic E-state index is 13.2. The summed E-state index contributed by atoms with van der Waals surface area (Å²) in [5.41, 5.74) is 0.558. The summed E-state index contributed by atoms with van der Waals surface area (Å²) in [7, 11) is -2.03. The topological polar surface area (TPSA) is 99.1 Å². The summed E-state index contributed by atoms with van der Waals surface area (Å²) in [5, 5.41) is 22.0. The Bertz CT molecular complexity index is 813. The molecule has 0 unspecified atom stereocenters. The number of ether oxygens (including phenoxy) is 1. The third-order valence-electron chi connectivity index (χ3n) is 4.50. The van der Waals surface area contributed by atoms with Gasteiger partial charge in [-0.15, -0.1) is 0 Å². The maximum Gasteiger partial charge on any atom is 0.247 e. The molecule has 4 atom stereocenters. The number of hydrogen-bond donors (Lipinski definition) is 3. The first-order valence-corrected chi connectivity index (χ1v) is 10.4. The minimum Gasteiger partial charge on any atom is -0.487 e. The zero-order chi connectivity index (χ0) is 20.2. The molecule has 0 bridgehead atoms. The Hall–Kier alpha value is -1.63. The van der Waals surface area contributed by atoms with Crippen LogP contribution in [0.15, 0.2) is 23.1 Å². The second-order valence-corrected chi connectivity index (χ2v) is 8.76. The summed E-state index contributed by atoms with van der Waals surface area (Å²) >= 11 is 0. The Morgan fingerprint density at radius 1 is 1.41 bits per heavy atom. The maximum absolute atomic E-state index is 13.2. The largest absolute Gasteiger partial charge is 0.487 e. The number of aliphatic hydroxyl groups excluding tert-OH is 2. The molecule has 0 amide bonds. The van der Waals surface area contributed by atoms with Gasteiger partial charge in [0.2, 0.25) is 10.0 Å². The van der Waals surface area contributed by atoms with Gasteiger partial charge in [0.25, 0.3) is 0 Å². The van der Waals surface area contributed by atoms with Crippen molar-refractivity contribution in [2.24, 2.45) is 5.92 Å². The van der Waals surface area contributed by atoms with Crippen LogP contribution in [0.1, 0.15) is 26.3 Å². The smallest absolute Gasteiger partial charge is 0.247 e. The predicted octanol–water partition coefficient (Wildman–Crippen LogP) is 0.407. The minimum absolute atomic E-state index is 0.0541. The average molecular weight is 397 g/mol. The Morgan fingerprint density at radius 2 is 2.11 bits per heavy atom. The lowest BCUT2D eigenvalue weighted by Gasteiger charge is -2.36. The van der Waals surface area contributed by atoms with E-state index in [0.717, 1.165) is 0 Å². The quantitative estimate of drug-likeness (QED) is 0.638. The van der Waals surface area contributed by atoms with E-state index in [9.17, 15) is 18.6 Å². The number of benzene rings is 1. The van der Waals surface area contributed by atoms with Gasteiger partial charge in [-0.2, -0.15) is 4.31 Å². The van der Waals surface area contributed by atoms with Gasteiger partial charge in [-0.25, -0.2) is 8.42 Å². The Balaban J connectivity index is 2.60. The zero-order valence-corrected chi connectivity index (χ0v) is 17.0. The fraction of sp³-hybridized carbons (Fsp3) is 0.579. The third kappa shape index (κ3) is 5.00. The number of nitrogens with zero attached hydrogens (tertiary/aromatic N) is 1. The SMILES string of the molecule is CNC[C@@H]1Oc2cc(C#C[C@H](C)O)ccc2S(=O)(=O)N([C@@H](C)CO)C[C@@H]1C. The van der Waals surface area contributed by atoms with E-state index in [0.29, 0.717) is 12.1 Å². The van der Waals surface area contributed by atoms with E-state index in [-0.39, 0.29) is 35.8 Å². The average Bonchev–Trinajstić information content (AvgIpc) is 2.62. The van der Waals surface area contributed by atoms with E-state index < -0.39 is 22.2 Å². The Kier molecular flexibility index (Phi) is 7.25. The van der Waals surface area contributed by atoms with Gasteiger partial charge in [-0.05, 0) is 39.1 Å². The van der Waals surface area contributed by atoms with Crippen LogP contribution in [0.2, 0.25) is 0 Å². The lowest BCUT2D eigenvalue weighted by atomic mass is 10.0. The van der Waals surface area contributed by atoms with Gasteiger partial charge in [-0.3, -0.25) is 0 Å². The van der Waals surface area contributed by atoms with Crippen LogP contribution >= 0.6 is 0 Å². The highest BCUT2D eigenvalue weighted by Gasteiger charge is 2.37. The monoisotopic (exact) mass is 396 g/mol. The number of aliphatic hydroxyl groups is 2. The van der Waals surface area contributed by atoms with E-state index in [2.05, 4.69) is 17.2 Å². The lowest BCUT2D eigenvalue weighted by molar-refractivity contribution is 0.103. The first-order valence-electron chi connectivity index (χ1n) is 8.98. The van der Waals surface area contributed by atoms with E-state index >= 15 is 0 Å². The van der Waals surface area contributed by atoms with Crippen LogP contribution in [0.4, 0.5) is 0 Å². The molecule has 3 N–H and O–H groups in total. The van der Waals surface area contributed by atoms with E-state index in [4.69, 9.17) is 4.74 Å². The fourth-order valence-electron chi connectivity index (χ4n) is 2.94. The van der Waals surface area contributed by atoms with Crippen molar-refractivity contribution in [3.05, 3.63) is 23.8 Å². The molecule has 1 aliphatic heterocycles. The summed E-state index contributed by atoms with van der Waals surface area (Å²) < 4.78 is 33.8. The first kappa shape index (κ1) is 21.7. The van der Waals surface area contributed by atoms with Crippen LogP contribution in [-0.4, -0.2) is 67.9 Å². The molecule has 0 aromatic heterocycles. The van der Waals surface area contributed by atoms with Crippen molar-refractivity contribution in [3.63, 3.8) is 0 Å². The molecule has 1 heterocycles. The number of nitrogens with one attached hydrogen (secondary N) is 1. The van der Waals surface area contributed by atoms with Crippen molar-refractivity contribution in [2.75, 3.05) is 26.7 Å². The van der Waals surface area contributed by atoms with Gasteiger partial charge in [0.15, 0.2) is 0 Å². The molecule has 0 radical (unpaired) electrons. The standard InChI is InChI=1S/C19H28N2O5S/c1-13-11-21(14(2)12-22)27(24,25)19-8-7-16(6-5-15(3)23)9-17(19)26-18(13)10-20-4/h7-9,13-15,18,20,22-23H,10-12H2,1-4H3/t13-,14-,15-,18-/m0/s1. The van der Waals surface area contributed by atoms with Gasteiger partial charge < -0.3 is 20.3 Å². The zero-order valence-electron chi connectivity index (χ0n) is 16.1. The molecule has 2 rings (SSSR count). The normalized spacial score (nSPS) is 24.4. The van der Waals surface area contributed by atoms with Gasteiger partial charge in [0, 0.05) is 30.6 Å². The fourth-order valence-corrected chi connectivity index (χ4v) is 4.76. The lowest BCUT2D eigenvalue weighted by Crippen LogP contribution is -2.49. The molecular weight excluding hydrogens is 368 g/mol. The molecule has 0 saturated carbocycles.